The molecule has 1 aliphatic rings. The highest BCUT2D eigenvalue weighted by molar-refractivity contribution is 5.69. The van der Waals surface area contributed by atoms with Crippen molar-refractivity contribution in [1.82, 2.24) is 0 Å². The van der Waals surface area contributed by atoms with E-state index in [1.807, 2.05) is 6.92 Å². The number of rotatable bonds is 15. The molecule has 0 radical (unpaired) electrons. The van der Waals surface area contributed by atoms with E-state index in [1.54, 1.807) is 0 Å². The molecule has 5 heteroatoms. The van der Waals surface area contributed by atoms with Gasteiger partial charge < -0.3 is 20.1 Å². The Bertz CT molecular complexity index is 387. The molecule has 0 aliphatic heterocycles. The monoisotopic (exact) mass is 386 g/mol. The second-order valence-corrected chi connectivity index (χ2v) is 8.20. The van der Waals surface area contributed by atoms with Crippen molar-refractivity contribution in [3.05, 3.63) is 0 Å². The Balaban J connectivity index is 2.24. The van der Waals surface area contributed by atoms with Crippen LogP contribution in [-0.2, 0) is 9.53 Å². The Morgan fingerprint density at radius 2 is 1.74 bits per heavy atom. The molecule has 5 unspecified atom stereocenters. The van der Waals surface area contributed by atoms with Crippen LogP contribution in [0.1, 0.15) is 97.3 Å². The predicted octanol–water partition coefficient (Wildman–Crippen LogP) is 3.97. The first-order chi connectivity index (χ1) is 13.0. The molecule has 0 aromatic carbocycles. The normalized spacial score (nSPS) is 26.3. The summed E-state index contributed by atoms with van der Waals surface area (Å²) in [6, 6.07) is 0. The van der Waals surface area contributed by atoms with Crippen molar-refractivity contribution in [2.75, 3.05) is 6.61 Å². The highest BCUT2D eigenvalue weighted by Crippen LogP contribution is 2.39. The number of aliphatic hydroxyl groups is 3. The van der Waals surface area contributed by atoms with Crippen molar-refractivity contribution in [2.45, 2.75) is 116 Å². The van der Waals surface area contributed by atoms with Crippen LogP contribution in [0.25, 0.3) is 0 Å². The van der Waals surface area contributed by atoms with Gasteiger partial charge in [-0.3, -0.25) is 4.79 Å². The lowest BCUT2D eigenvalue weighted by Gasteiger charge is -2.23. The van der Waals surface area contributed by atoms with Crippen molar-refractivity contribution in [2.24, 2.45) is 11.8 Å². The zero-order valence-electron chi connectivity index (χ0n) is 17.4. The van der Waals surface area contributed by atoms with E-state index in [-0.39, 0.29) is 18.0 Å². The molecule has 5 atom stereocenters. The second-order valence-electron chi connectivity index (χ2n) is 8.20. The Kier molecular flexibility index (Phi) is 13.0. The first-order valence-electron chi connectivity index (χ1n) is 11.2. The number of hydrogen-bond donors (Lipinski definition) is 3. The van der Waals surface area contributed by atoms with Gasteiger partial charge in [-0.25, -0.2) is 0 Å². The number of carbonyl (C=O) groups excluding carboxylic acids is 1. The second kappa shape index (κ2) is 14.4. The number of unbranched alkanes of at least 4 members (excludes halogenated alkanes) is 5. The van der Waals surface area contributed by atoms with Gasteiger partial charge in [-0.2, -0.15) is 0 Å². The minimum atomic E-state index is -0.651. The van der Waals surface area contributed by atoms with Crippen molar-refractivity contribution in [3.8, 4) is 0 Å². The quantitative estimate of drug-likeness (QED) is 0.293. The van der Waals surface area contributed by atoms with Crippen LogP contribution in [0.2, 0.25) is 0 Å². The van der Waals surface area contributed by atoms with Gasteiger partial charge in [0, 0.05) is 6.42 Å². The van der Waals surface area contributed by atoms with E-state index >= 15 is 0 Å². The van der Waals surface area contributed by atoms with Crippen molar-refractivity contribution in [1.29, 1.82) is 0 Å². The van der Waals surface area contributed by atoms with E-state index in [9.17, 15) is 20.1 Å². The first kappa shape index (κ1) is 24.4. The molecule has 0 spiro atoms. The molecule has 1 aliphatic carbocycles. The molecule has 160 valence electrons. The standard InChI is InChI=1S/C22H42O5/c1-3-5-8-12-18(23)14-15-19-17(16-20(24)22(19)26)11-9-6-7-10-13-21(25)27-4-2/h17-20,22-24,26H,3-16H2,1-2H3. The highest BCUT2D eigenvalue weighted by Gasteiger charge is 2.40. The number of esters is 1. The van der Waals surface area contributed by atoms with E-state index in [4.69, 9.17) is 4.74 Å². The summed E-state index contributed by atoms with van der Waals surface area (Å²) < 4.78 is 4.93. The van der Waals surface area contributed by atoms with Crippen LogP contribution >= 0.6 is 0 Å². The summed E-state index contributed by atoms with van der Waals surface area (Å²) in [7, 11) is 0. The lowest BCUT2D eigenvalue weighted by molar-refractivity contribution is -0.143. The van der Waals surface area contributed by atoms with E-state index < -0.39 is 12.2 Å². The Hall–Kier alpha value is -0.650. The average Bonchev–Trinajstić information content (AvgIpc) is 2.90. The molecular formula is C22H42O5. The fraction of sp³-hybridized carbons (Fsp3) is 0.955. The fourth-order valence-corrected chi connectivity index (χ4v) is 4.35. The van der Waals surface area contributed by atoms with Gasteiger partial charge in [0.2, 0.25) is 0 Å². The van der Waals surface area contributed by atoms with Crippen molar-refractivity contribution >= 4 is 5.97 Å². The number of aliphatic hydroxyl groups excluding tert-OH is 3. The van der Waals surface area contributed by atoms with Crippen LogP contribution in [0.3, 0.4) is 0 Å². The molecule has 3 N–H and O–H groups in total. The van der Waals surface area contributed by atoms with E-state index in [2.05, 4.69) is 6.92 Å². The Morgan fingerprint density at radius 3 is 2.44 bits per heavy atom. The Morgan fingerprint density at radius 1 is 1.00 bits per heavy atom. The SMILES string of the molecule is CCCCCC(O)CCC1C(CCCCCCC(=O)OCC)CC(O)C1O. The molecule has 27 heavy (non-hydrogen) atoms. The molecule has 0 bridgehead atoms. The van der Waals surface area contributed by atoms with E-state index in [1.165, 1.54) is 0 Å². The smallest absolute Gasteiger partial charge is 0.305 e. The molecule has 1 rings (SSSR count). The van der Waals surface area contributed by atoms with Crippen LogP contribution in [0.5, 0.6) is 0 Å². The third-order valence-electron chi connectivity index (χ3n) is 5.97. The lowest BCUT2D eigenvalue weighted by Crippen LogP contribution is -2.27. The summed E-state index contributed by atoms with van der Waals surface area (Å²) in [4.78, 5) is 11.3. The third-order valence-corrected chi connectivity index (χ3v) is 5.97. The number of carbonyl (C=O) groups is 1. The third kappa shape index (κ3) is 9.91. The van der Waals surface area contributed by atoms with Crippen molar-refractivity contribution in [3.63, 3.8) is 0 Å². The Labute approximate surface area is 165 Å². The molecule has 0 heterocycles. The maximum absolute atomic E-state index is 11.3. The zero-order valence-corrected chi connectivity index (χ0v) is 17.4. The minimum absolute atomic E-state index is 0.0976. The molecule has 0 amide bonds. The van der Waals surface area contributed by atoms with Gasteiger partial charge in [-0.05, 0) is 57.3 Å². The van der Waals surface area contributed by atoms with Gasteiger partial charge in [0.05, 0.1) is 24.9 Å². The summed E-state index contributed by atoms with van der Waals surface area (Å²) in [5.74, 6) is 0.320. The van der Waals surface area contributed by atoms with Gasteiger partial charge in [0.15, 0.2) is 0 Å². The summed E-state index contributed by atoms with van der Waals surface area (Å²) >= 11 is 0. The molecule has 1 saturated carbocycles. The lowest BCUT2D eigenvalue weighted by atomic mass is 9.85. The van der Waals surface area contributed by atoms with Crippen LogP contribution < -0.4 is 0 Å². The summed E-state index contributed by atoms with van der Waals surface area (Å²) in [5, 5.41) is 30.5. The fourth-order valence-electron chi connectivity index (χ4n) is 4.35. The largest absolute Gasteiger partial charge is 0.466 e. The van der Waals surface area contributed by atoms with E-state index in [0.717, 1.165) is 64.2 Å². The van der Waals surface area contributed by atoms with Gasteiger partial charge in [0.25, 0.3) is 0 Å². The van der Waals surface area contributed by atoms with Crippen LogP contribution in [0.15, 0.2) is 0 Å². The predicted molar refractivity (Wildman–Crippen MR) is 107 cm³/mol. The number of ether oxygens (including phenoxy) is 1. The van der Waals surface area contributed by atoms with Gasteiger partial charge in [-0.15, -0.1) is 0 Å². The topological polar surface area (TPSA) is 87.0 Å². The van der Waals surface area contributed by atoms with E-state index in [0.29, 0.717) is 31.8 Å². The zero-order chi connectivity index (χ0) is 20.1. The molecular weight excluding hydrogens is 344 g/mol. The maximum Gasteiger partial charge on any atom is 0.305 e. The van der Waals surface area contributed by atoms with Crippen molar-refractivity contribution < 1.29 is 24.9 Å². The summed E-state index contributed by atoms with van der Waals surface area (Å²) in [6.45, 7) is 4.42. The van der Waals surface area contributed by atoms with Gasteiger partial charge >= 0.3 is 5.97 Å². The molecule has 0 aromatic rings. The average molecular weight is 387 g/mol. The molecule has 5 nitrogen and oxygen atoms in total. The molecule has 1 fully saturated rings. The highest BCUT2D eigenvalue weighted by atomic mass is 16.5. The van der Waals surface area contributed by atoms with Gasteiger partial charge in [0.1, 0.15) is 0 Å². The summed E-state index contributed by atoms with van der Waals surface area (Å²) in [5.41, 5.74) is 0. The van der Waals surface area contributed by atoms with Crippen LogP contribution in [-0.4, -0.2) is 46.2 Å². The maximum atomic E-state index is 11.3. The molecule has 0 aromatic heterocycles. The van der Waals surface area contributed by atoms with Gasteiger partial charge in [-0.1, -0.05) is 45.4 Å². The first-order valence-corrected chi connectivity index (χ1v) is 11.2. The number of hydrogen-bond acceptors (Lipinski definition) is 5. The summed E-state index contributed by atoms with van der Waals surface area (Å²) in [6.07, 6.45) is 10.3. The minimum Gasteiger partial charge on any atom is -0.466 e. The van der Waals surface area contributed by atoms with Crippen LogP contribution in [0.4, 0.5) is 0 Å². The van der Waals surface area contributed by atoms with Crippen LogP contribution in [0, 0.1) is 11.8 Å². The molecule has 0 saturated heterocycles.